The van der Waals surface area contributed by atoms with Gasteiger partial charge in [0.05, 0.1) is 37.6 Å². The van der Waals surface area contributed by atoms with E-state index in [4.69, 9.17) is 9.15 Å². The van der Waals surface area contributed by atoms with Gasteiger partial charge >= 0.3 is 5.97 Å². The number of alkyl halides is 1. The molecule has 0 spiro atoms. The summed E-state index contributed by atoms with van der Waals surface area (Å²) in [7, 11) is 0. The van der Waals surface area contributed by atoms with Crippen LogP contribution < -0.4 is 0 Å². The van der Waals surface area contributed by atoms with E-state index in [2.05, 4.69) is 9.97 Å². The lowest BCUT2D eigenvalue weighted by Gasteiger charge is -2.29. The number of nitrogens with zero attached hydrogens (tertiary/aromatic N) is 3. The lowest BCUT2D eigenvalue weighted by Crippen LogP contribution is -2.40. The van der Waals surface area contributed by atoms with E-state index in [1.807, 2.05) is 30.3 Å². The van der Waals surface area contributed by atoms with Gasteiger partial charge in [-0.25, -0.2) is 13.8 Å². The van der Waals surface area contributed by atoms with Crippen molar-refractivity contribution >= 4 is 33.7 Å². The van der Waals surface area contributed by atoms with Crippen LogP contribution in [0.15, 0.2) is 53.1 Å². The molecule has 0 unspecified atom stereocenters. The van der Waals surface area contributed by atoms with Crippen molar-refractivity contribution in [1.82, 2.24) is 14.9 Å². The van der Waals surface area contributed by atoms with Crippen molar-refractivity contribution in [3.63, 3.8) is 0 Å². The molecule has 1 saturated carbocycles. The quantitative estimate of drug-likeness (QED) is 0.332. The third-order valence-corrected chi connectivity index (χ3v) is 8.03. The number of likely N-dealkylation sites (tertiary alicyclic amines) is 1. The summed E-state index contributed by atoms with van der Waals surface area (Å²) in [6, 6.07) is 12.1. The Hall–Kier alpha value is -3.92. The molecule has 1 aliphatic carbocycles. The summed E-state index contributed by atoms with van der Waals surface area (Å²) in [6.07, 6.45) is 2.58. The van der Waals surface area contributed by atoms with E-state index < -0.39 is 29.9 Å². The summed E-state index contributed by atoms with van der Waals surface area (Å²) in [6.45, 7) is 0.0985. The predicted octanol–water partition coefficient (Wildman–Crippen LogP) is 5.32. The van der Waals surface area contributed by atoms with Crippen LogP contribution in [-0.2, 0) is 20.7 Å². The number of ether oxygens (including phenoxy) is 1. The number of fused-ring (bicyclic) bond motifs is 2. The number of aromatic nitrogens is 2. The number of rotatable bonds is 7. The minimum absolute atomic E-state index is 0.0586. The lowest BCUT2D eigenvalue weighted by molar-refractivity contribution is -0.144. The first-order chi connectivity index (χ1) is 19.4. The summed E-state index contributed by atoms with van der Waals surface area (Å²) < 4.78 is 41.7. The third kappa shape index (κ3) is 5.15. The smallest absolute Gasteiger partial charge is 0.306 e. The number of carbonyl (C=O) groups excluding carboxylic acids is 1. The van der Waals surface area contributed by atoms with Gasteiger partial charge in [-0.15, -0.1) is 0 Å². The van der Waals surface area contributed by atoms with Crippen molar-refractivity contribution in [3.05, 3.63) is 60.0 Å². The van der Waals surface area contributed by atoms with Gasteiger partial charge in [-0.2, -0.15) is 0 Å². The molecule has 1 aliphatic heterocycles. The van der Waals surface area contributed by atoms with E-state index in [1.165, 1.54) is 11.0 Å². The van der Waals surface area contributed by atoms with Crippen LogP contribution in [0.2, 0.25) is 0 Å². The topological polar surface area (TPSA) is 106 Å². The van der Waals surface area contributed by atoms with E-state index >= 15 is 4.39 Å². The summed E-state index contributed by atoms with van der Waals surface area (Å²) >= 11 is 0. The van der Waals surface area contributed by atoms with Gasteiger partial charge in [0.25, 0.3) is 0 Å². The van der Waals surface area contributed by atoms with Crippen LogP contribution in [0.3, 0.4) is 0 Å². The number of hydrogen-bond donors (Lipinski definition) is 1. The average molecular weight is 550 g/mol. The second-order valence-electron chi connectivity index (χ2n) is 10.6. The fourth-order valence-electron chi connectivity index (χ4n) is 5.84. The van der Waals surface area contributed by atoms with Crippen LogP contribution in [0.25, 0.3) is 33.5 Å². The van der Waals surface area contributed by atoms with E-state index in [-0.39, 0.29) is 55.1 Å². The van der Waals surface area contributed by atoms with E-state index in [1.54, 1.807) is 12.3 Å². The predicted molar refractivity (Wildman–Crippen MR) is 143 cm³/mol. The second-order valence-corrected chi connectivity index (χ2v) is 10.6. The molecule has 4 aromatic rings. The van der Waals surface area contributed by atoms with Gasteiger partial charge in [-0.3, -0.25) is 14.6 Å². The maximum absolute atomic E-state index is 15.5. The molecule has 2 aromatic carbocycles. The fraction of sp³-hybridized carbons (Fsp3) is 0.400. The number of oxazole rings is 1. The Balaban J connectivity index is 1.16. The summed E-state index contributed by atoms with van der Waals surface area (Å²) in [5.74, 6) is -2.02. The standard InChI is InChI=1S/C30H29F2N3O5/c31-20-14-21(16-39-22-8-5-18(6-9-22)30(37)38)35(15-20)25(36)13-19-7-10-24-28(26(19)32)40-29(34-24)27-23-4-2-1-3-17(23)11-12-33-27/h1-4,7,10-12,18,20-22H,5-6,8-9,13-16H2,(H,37,38)/t18?,20-,21-,22?/m0/s1. The van der Waals surface area contributed by atoms with Crippen molar-refractivity contribution in [2.45, 2.75) is 56.8 Å². The molecule has 2 aliphatic rings. The van der Waals surface area contributed by atoms with Gasteiger partial charge in [-0.05, 0) is 43.2 Å². The molecule has 6 rings (SSSR count). The lowest BCUT2D eigenvalue weighted by atomic mass is 9.87. The van der Waals surface area contributed by atoms with E-state index in [9.17, 15) is 19.1 Å². The summed E-state index contributed by atoms with van der Waals surface area (Å²) in [5, 5.41) is 11.0. The largest absolute Gasteiger partial charge is 0.481 e. The highest BCUT2D eigenvalue weighted by Crippen LogP contribution is 2.32. The monoisotopic (exact) mass is 549 g/mol. The van der Waals surface area contributed by atoms with Crippen LogP contribution in [0.4, 0.5) is 8.78 Å². The number of carboxylic acid groups (broad SMARTS) is 1. The minimum atomic E-state index is -1.18. The van der Waals surface area contributed by atoms with Crippen LogP contribution in [0, 0.1) is 11.7 Å². The molecule has 1 saturated heterocycles. The Morgan fingerprint density at radius 3 is 2.70 bits per heavy atom. The van der Waals surface area contributed by atoms with Crippen molar-refractivity contribution < 1.29 is 32.6 Å². The molecule has 3 heterocycles. The maximum Gasteiger partial charge on any atom is 0.306 e. The molecule has 8 nitrogen and oxygen atoms in total. The summed E-state index contributed by atoms with van der Waals surface area (Å²) in [4.78, 5) is 34.7. The van der Waals surface area contributed by atoms with Gasteiger partial charge in [0.2, 0.25) is 11.8 Å². The molecule has 40 heavy (non-hydrogen) atoms. The first kappa shape index (κ1) is 26.3. The number of amides is 1. The Morgan fingerprint density at radius 1 is 1.10 bits per heavy atom. The number of carboxylic acids is 1. The Morgan fingerprint density at radius 2 is 1.90 bits per heavy atom. The van der Waals surface area contributed by atoms with Gasteiger partial charge in [-0.1, -0.05) is 30.3 Å². The minimum Gasteiger partial charge on any atom is -0.481 e. The molecule has 0 radical (unpaired) electrons. The zero-order chi connectivity index (χ0) is 27.8. The van der Waals surface area contributed by atoms with E-state index in [0.29, 0.717) is 36.9 Å². The maximum atomic E-state index is 15.5. The molecule has 1 N–H and O–H groups in total. The molecular weight excluding hydrogens is 520 g/mol. The summed E-state index contributed by atoms with van der Waals surface area (Å²) in [5.41, 5.74) is 0.890. The molecule has 0 bridgehead atoms. The molecule has 2 aromatic heterocycles. The molecular formula is C30H29F2N3O5. The molecule has 2 fully saturated rings. The van der Waals surface area contributed by atoms with Gasteiger partial charge < -0.3 is 19.2 Å². The van der Waals surface area contributed by atoms with Crippen molar-refractivity contribution in [3.8, 4) is 11.6 Å². The SMILES string of the molecule is O=C(O)C1CCC(OC[C@@H]2C[C@H](F)CN2C(=O)Cc2ccc3nc(-c4nccc5ccccc45)oc3c2F)CC1. The van der Waals surface area contributed by atoms with Crippen LogP contribution >= 0.6 is 0 Å². The number of carbonyl (C=O) groups is 2. The average Bonchev–Trinajstić information content (AvgIpc) is 3.57. The number of benzene rings is 2. The van der Waals surface area contributed by atoms with Gasteiger partial charge in [0, 0.05) is 23.6 Å². The Kier molecular flexibility index (Phi) is 7.18. The molecule has 2 atom stereocenters. The highest BCUT2D eigenvalue weighted by Gasteiger charge is 2.37. The van der Waals surface area contributed by atoms with Crippen LogP contribution in [0.5, 0.6) is 0 Å². The van der Waals surface area contributed by atoms with Crippen LogP contribution in [0.1, 0.15) is 37.7 Å². The second kappa shape index (κ2) is 10.9. The highest BCUT2D eigenvalue weighted by atomic mass is 19.1. The number of pyridine rings is 1. The van der Waals surface area contributed by atoms with E-state index in [0.717, 1.165) is 10.8 Å². The normalized spacial score (nSPS) is 23.2. The number of halogens is 2. The Labute approximate surface area is 229 Å². The molecule has 1 amide bonds. The van der Waals surface area contributed by atoms with Crippen molar-refractivity contribution in [2.75, 3.05) is 13.2 Å². The first-order valence-corrected chi connectivity index (χ1v) is 13.6. The van der Waals surface area contributed by atoms with Crippen molar-refractivity contribution in [1.29, 1.82) is 0 Å². The van der Waals surface area contributed by atoms with Crippen molar-refractivity contribution in [2.24, 2.45) is 5.92 Å². The fourth-order valence-corrected chi connectivity index (χ4v) is 5.84. The third-order valence-electron chi connectivity index (χ3n) is 8.03. The van der Waals surface area contributed by atoms with Gasteiger partial charge in [0.1, 0.15) is 17.4 Å². The molecule has 208 valence electrons. The Bertz CT molecular complexity index is 1560. The number of aliphatic carboxylic acids is 1. The molecule has 10 heteroatoms. The first-order valence-electron chi connectivity index (χ1n) is 13.6. The zero-order valence-corrected chi connectivity index (χ0v) is 21.8. The zero-order valence-electron chi connectivity index (χ0n) is 21.8. The van der Waals surface area contributed by atoms with Gasteiger partial charge in [0.15, 0.2) is 11.4 Å². The van der Waals surface area contributed by atoms with Crippen LogP contribution in [-0.4, -0.2) is 63.3 Å². The highest BCUT2D eigenvalue weighted by molar-refractivity contribution is 5.93. The number of hydrogen-bond acceptors (Lipinski definition) is 6.